The number of carbonyl (C=O) groups is 1. The van der Waals surface area contributed by atoms with E-state index in [1.165, 1.54) is 5.56 Å². The van der Waals surface area contributed by atoms with Crippen LogP contribution in [0, 0.1) is 46.3 Å². The molecule has 0 saturated heterocycles. The number of ketones is 1. The van der Waals surface area contributed by atoms with Gasteiger partial charge in [-0.3, -0.25) is 4.79 Å². The third-order valence-electron chi connectivity index (χ3n) is 8.09. The molecule has 7 heteroatoms. The van der Waals surface area contributed by atoms with E-state index in [1.807, 2.05) is 6.07 Å². The third kappa shape index (κ3) is 3.07. The number of rotatable bonds is 3. The van der Waals surface area contributed by atoms with Gasteiger partial charge in [-0.1, -0.05) is 13.0 Å². The molecule has 3 aliphatic carbocycles. The molecule has 0 bridgehead atoms. The van der Waals surface area contributed by atoms with Crippen LogP contribution in [-0.4, -0.2) is 5.78 Å². The van der Waals surface area contributed by atoms with Crippen LogP contribution in [0.25, 0.3) is 0 Å². The molecule has 2 saturated carbocycles. The SMILES string of the molecule is C[C@]12CC[C@@H]3c4ccc(OCc5c(F)c(F)c(F)c(F)c5F)cc4CC[C@@H]3[C@@H]1CCC2=O. The van der Waals surface area contributed by atoms with E-state index in [2.05, 4.69) is 6.92 Å². The highest BCUT2D eigenvalue weighted by atomic mass is 19.2. The number of Topliss-reactive ketones (excluding diaryl/α,β-unsaturated/α-hetero) is 1. The Morgan fingerprint density at radius 2 is 1.62 bits per heavy atom. The summed E-state index contributed by atoms with van der Waals surface area (Å²) < 4.78 is 73.3. The smallest absolute Gasteiger partial charge is 0.200 e. The largest absolute Gasteiger partial charge is 0.489 e. The molecule has 0 radical (unpaired) electrons. The molecular weight excluding hydrogens is 427 g/mol. The van der Waals surface area contributed by atoms with Crippen LogP contribution in [0.3, 0.4) is 0 Å². The van der Waals surface area contributed by atoms with Gasteiger partial charge in [0.1, 0.15) is 18.1 Å². The van der Waals surface area contributed by atoms with E-state index in [1.54, 1.807) is 12.1 Å². The fraction of sp³-hybridized carbons (Fsp3) is 0.480. The number of fused-ring (bicyclic) bond motifs is 5. The molecule has 0 aromatic heterocycles. The van der Waals surface area contributed by atoms with Gasteiger partial charge >= 0.3 is 0 Å². The quantitative estimate of drug-likeness (QED) is 0.308. The molecule has 2 nitrogen and oxygen atoms in total. The van der Waals surface area contributed by atoms with Gasteiger partial charge in [0.25, 0.3) is 0 Å². The predicted octanol–water partition coefficient (Wildman–Crippen LogP) is 6.39. The summed E-state index contributed by atoms with van der Waals surface area (Å²) in [6.07, 6.45) is 5.22. The number of hydrogen-bond acceptors (Lipinski definition) is 2. The van der Waals surface area contributed by atoms with E-state index in [4.69, 9.17) is 4.74 Å². The van der Waals surface area contributed by atoms with Crippen molar-refractivity contribution in [1.82, 2.24) is 0 Å². The topological polar surface area (TPSA) is 26.3 Å². The number of carbonyl (C=O) groups excluding carboxylic acids is 1. The first kappa shape index (κ1) is 21.4. The molecule has 3 aliphatic rings. The van der Waals surface area contributed by atoms with Crippen LogP contribution < -0.4 is 4.74 Å². The number of ether oxygens (including phenoxy) is 1. The highest BCUT2D eigenvalue weighted by Gasteiger charge is 2.54. The molecule has 2 fully saturated rings. The molecule has 0 N–H and O–H groups in total. The summed E-state index contributed by atoms with van der Waals surface area (Å²) in [6.45, 7) is 1.36. The molecule has 0 amide bonds. The van der Waals surface area contributed by atoms with Crippen LogP contribution >= 0.6 is 0 Å². The fourth-order valence-corrected chi connectivity index (χ4v) is 6.35. The van der Waals surface area contributed by atoms with Gasteiger partial charge in [-0.05, 0) is 73.1 Å². The molecule has 5 rings (SSSR count). The van der Waals surface area contributed by atoms with Gasteiger partial charge < -0.3 is 4.74 Å². The second-order valence-corrected chi connectivity index (χ2v) is 9.53. The van der Waals surface area contributed by atoms with Crippen molar-refractivity contribution in [2.24, 2.45) is 17.3 Å². The van der Waals surface area contributed by atoms with Crippen molar-refractivity contribution >= 4 is 5.78 Å². The van der Waals surface area contributed by atoms with Gasteiger partial charge in [-0.15, -0.1) is 0 Å². The summed E-state index contributed by atoms with van der Waals surface area (Å²) in [7, 11) is 0. The molecule has 32 heavy (non-hydrogen) atoms. The highest BCUT2D eigenvalue weighted by molar-refractivity contribution is 5.87. The zero-order valence-corrected chi connectivity index (χ0v) is 17.6. The number of hydrogen-bond donors (Lipinski definition) is 0. The van der Waals surface area contributed by atoms with Crippen molar-refractivity contribution in [3.63, 3.8) is 0 Å². The molecule has 2 aromatic rings. The molecule has 0 spiro atoms. The summed E-state index contributed by atoms with van der Waals surface area (Å²) in [5.74, 6) is -7.93. The van der Waals surface area contributed by atoms with Crippen LogP contribution in [-0.2, 0) is 17.8 Å². The monoisotopic (exact) mass is 450 g/mol. The van der Waals surface area contributed by atoms with Gasteiger partial charge in [0.05, 0.1) is 5.56 Å². The minimum absolute atomic E-state index is 0.199. The summed E-state index contributed by atoms with van der Waals surface area (Å²) in [4.78, 5) is 12.5. The van der Waals surface area contributed by atoms with Crippen molar-refractivity contribution in [3.05, 3.63) is 64.0 Å². The van der Waals surface area contributed by atoms with Crippen LogP contribution in [0.1, 0.15) is 61.6 Å². The van der Waals surface area contributed by atoms with Crippen LogP contribution in [0.15, 0.2) is 18.2 Å². The lowest BCUT2D eigenvalue weighted by atomic mass is 9.55. The lowest BCUT2D eigenvalue weighted by Gasteiger charge is -2.48. The Morgan fingerprint density at radius 1 is 0.938 bits per heavy atom. The first-order valence-electron chi connectivity index (χ1n) is 11.0. The molecule has 0 unspecified atom stereocenters. The Labute approximate surface area is 182 Å². The molecule has 2 aromatic carbocycles. The van der Waals surface area contributed by atoms with Crippen molar-refractivity contribution in [1.29, 1.82) is 0 Å². The summed E-state index contributed by atoms with van der Waals surface area (Å²) in [5, 5.41) is 0. The first-order valence-corrected chi connectivity index (χ1v) is 11.0. The normalized spacial score (nSPS) is 28.8. The molecule has 170 valence electrons. The van der Waals surface area contributed by atoms with Gasteiger partial charge in [0, 0.05) is 11.8 Å². The van der Waals surface area contributed by atoms with Crippen molar-refractivity contribution < 1.29 is 31.5 Å². The molecule has 0 aliphatic heterocycles. The Bertz CT molecular complexity index is 1080. The molecule has 4 atom stereocenters. The average molecular weight is 450 g/mol. The van der Waals surface area contributed by atoms with Crippen LogP contribution in [0.5, 0.6) is 5.75 Å². The predicted molar refractivity (Wildman–Crippen MR) is 107 cm³/mol. The Morgan fingerprint density at radius 3 is 2.34 bits per heavy atom. The maximum atomic E-state index is 13.9. The van der Waals surface area contributed by atoms with Crippen molar-refractivity contribution in [2.45, 2.75) is 58.0 Å². The first-order chi connectivity index (χ1) is 15.2. The van der Waals surface area contributed by atoms with Crippen LogP contribution in [0.4, 0.5) is 22.0 Å². The summed E-state index contributed by atoms with van der Waals surface area (Å²) >= 11 is 0. The Hall–Kier alpha value is -2.44. The highest BCUT2D eigenvalue weighted by Crippen LogP contribution is 2.59. The van der Waals surface area contributed by atoms with E-state index in [0.29, 0.717) is 35.7 Å². The zero-order chi connectivity index (χ0) is 22.8. The van der Waals surface area contributed by atoms with E-state index in [9.17, 15) is 26.7 Å². The number of aryl methyl sites for hydroxylation is 1. The van der Waals surface area contributed by atoms with E-state index in [0.717, 1.165) is 37.7 Å². The minimum atomic E-state index is -2.18. The summed E-state index contributed by atoms with van der Waals surface area (Å²) in [6, 6.07) is 5.42. The van der Waals surface area contributed by atoms with E-state index >= 15 is 0 Å². The standard InChI is InChI=1S/C25H23F5O2/c1-25-9-8-15-14-5-3-13(10-12(14)2-4-16(15)18(25)6-7-19(25)31)32-11-17-20(26)22(28)24(30)23(29)21(17)27/h3,5,10,15-16,18H,2,4,6-9,11H2,1H3/t15-,16+,18+,25+/m1/s1. The number of benzene rings is 2. The fourth-order valence-electron chi connectivity index (χ4n) is 6.35. The Kier molecular flexibility index (Phi) is 5.06. The molecular formula is C25H23F5O2. The zero-order valence-electron chi connectivity index (χ0n) is 17.6. The lowest BCUT2D eigenvalue weighted by molar-refractivity contribution is -0.129. The van der Waals surface area contributed by atoms with Crippen molar-refractivity contribution in [2.75, 3.05) is 0 Å². The third-order valence-corrected chi connectivity index (χ3v) is 8.09. The number of halogens is 5. The minimum Gasteiger partial charge on any atom is -0.489 e. The average Bonchev–Trinajstić information content (AvgIpc) is 3.10. The van der Waals surface area contributed by atoms with Gasteiger partial charge in [-0.2, -0.15) is 0 Å². The van der Waals surface area contributed by atoms with Gasteiger partial charge in [0.2, 0.25) is 5.82 Å². The second kappa shape index (κ2) is 7.56. The second-order valence-electron chi connectivity index (χ2n) is 9.53. The Balaban J connectivity index is 1.36. The summed E-state index contributed by atoms with van der Waals surface area (Å²) in [5.41, 5.74) is 1.10. The van der Waals surface area contributed by atoms with E-state index < -0.39 is 41.3 Å². The van der Waals surface area contributed by atoms with Crippen LogP contribution in [0.2, 0.25) is 0 Å². The van der Waals surface area contributed by atoms with Gasteiger partial charge in [-0.25, -0.2) is 22.0 Å². The van der Waals surface area contributed by atoms with E-state index in [-0.39, 0.29) is 5.41 Å². The van der Waals surface area contributed by atoms with Crippen molar-refractivity contribution in [3.8, 4) is 5.75 Å². The molecule has 0 heterocycles. The maximum absolute atomic E-state index is 13.9. The lowest BCUT2D eigenvalue weighted by Crippen LogP contribution is -2.42. The van der Waals surface area contributed by atoms with Gasteiger partial charge in [0.15, 0.2) is 23.3 Å². The maximum Gasteiger partial charge on any atom is 0.200 e.